The van der Waals surface area contributed by atoms with Gasteiger partial charge in [0.25, 0.3) is 0 Å². The highest BCUT2D eigenvalue weighted by molar-refractivity contribution is 4.96. The van der Waals surface area contributed by atoms with Gasteiger partial charge in [-0.05, 0) is 44.2 Å². The lowest BCUT2D eigenvalue weighted by Crippen LogP contribution is -2.57. The van der Waals surface area contributed by atoms with E-state index in [1.807, 2.05) is 0 Å². The van der Waals surface area contributed by atoms with Crippen LogP contribution in [0.1, 0.15) is 78.1 Å². The molecule has 2 aliphatic rings. The Morgan fingerprint density at radius 1 is 0.895 bits per heavy atom. The Morgan fingerprint density at radius 3 is 1.89 bits per heavy atom. The van der Waals surface area contributed by atoms with E-state index in [9.17, 15) is 0 Å². The second-order valence-corrected chi connectivity index (χ2v) is 7.35. The average molecular weight is 266 g/mol. The summed E-state index contributed by atoms with van der Waals surface area (Å²) >= 11 is 0. The van der Waals surface area contributed by atoms with Crippen LogP contribution in [-0.2, 0) is 0 Å². The van der Waals surface area contributed by atoms with Crippen molar-refractivity contribution >= 4 is 0 Å². The second-order valence-electron chi connectivity index (χ2n) is 7.35. The van der Waals surface area contributed by atoms with Crippen LogP contribution in [0.3, 0.4) is 0 Å². The quantitative estimate of drug-likeness (QED) is 0.838. The molecule has 2 N–H and O–H groups in total. The summed E-state index contributed by atoms with van der Waals surface area (Å²) in [7, 11) is 0. The number of likely N-dealkylation sites (tertiary alicyclic amines) is 1. The summed E-state index contributed by atoms with van der Waals surface area (Å²) in [5.74, 6) is 0. The fraction of sp³-hybridized carbons (Fsp3) is 1.00. The van der Waals surface area contributed by atoms with E-state index < -0.39 is 0 Å². The monoisotopic (exact) mass is 266 g/mol. The minimum absolute atomic E-state index is 0.343. The van der Waals surface area contributed by atoms with Gasteiger partial charge in [0.1, 0.15) is 0 Å². The van der Waals surface area contributed by atoms with E-state index in [2.05, 4.69) is 18.7 Å². The smallest absolute Gasteiger partial charge is 0.0331 e. The minimum atomic E-state index is 0.343. The first-order valence-corrected chi connectivity index (χ1v) is 8.59. The molecule has 2 nitrogen and oxygen atoms in total. The molecule has 2 rings (SSSR count). The fourth-order valence-corrected chi connectivity index (χ4v) is 4.09. The number of hydrogen-bond acceptors (Lipinski definition) is 2. The van der Waals surface area contributed by atoms with Crippen LogP contribution in [0.4, 0.5) is 0 Å². The molecule has 0 unspecified atom stereocenters. The molecule has 1 saturated heterocycles. The van der Waals surface area contributed by atoms with Gasteiger partial charge >= 0.3 is 0 Å². The Kier molecular flexibility index (Phi) is 5.30. The third-order valence-corrected chi connectivity index (χ3v) is 6.16. The number of rotatable bonds is 3. The first-order chi connectivity index (χ1) is 9.14. The third-order valence-electron chi connectivity index (χ3n) is 6.16. The van der Waals surface area contributed by atoms with Crippen molar-refractivity contribution in [1.29, 1.82) is 0 Å². The molecule has 1 aliphatic heterocycles. The van der Waals surface area contributed by atoms with Crippen molar-refractivity contribution in [1.82, 2.24) is 4.90 Å². The predicted molar refractivity (Wildman–Crippen MR) is 83.3 cm³/mol. The molecule has 1 heterocycles. The van der Waals surface area contributed by atoms with Crippen LogP contribution >= 0.6 is 0 Å². The normalized spacial score (nSPS) is 28.6. The summed E-state index contributed by atoms with van der Waals surface area (Å²) in [4.78, 5) is 2.77. The van der Waals surface area contributed by atoms with E-state index >= 15 is 0 Å². The number of nitrogens with zero attached hydrogens (tertiary/aromatic N) is 1. The Balaban J connectivity index is 2.00. The SMILES string of the molecule is CCC1(C)CCN(C2(CN)CCCCCCC2)CC1. The Morgan fingerprint density at radius 2 is 1.42 bits per heavy atom. The summed E-state index contributed by atoms with van der Waals surface area (Å²) in [6.07, 6.45) is 13.8. The molecule has 2 heteroatoms. The molecule has 0 radical (unpaired) electrons. The van der Waals surface area contributed by atoms with Gasteiger partial charge in [0.15, 0.2) is 0 Å². The second kappa shape index (κ2) is 6.58. The molecule has 0 spiro atoms. The topological polar surface area (TPSA) is 29.3 Å². The molecule has 1 saturated carbocycles. The predicted octanol–water partition coefficient (Wildman–Crippen LogP) is 3.94. The Bertz CT molecular complexity index is 258. The van der Waals surface area contributed by atoms with Crippen LogP contribution < -0.4 is 5.73 Å². The molecule has 0 aromatic carbocycles. The zero-order chi connectivity index (χ0) is 13.8. The van der Waals surface area contributed by atoms with Gasteiger partial charge in [0.2, 0.25) is 0 Å². The van der Waals surface area contributed by atoms with E-state index in [0.717, 1.165) is 6.54 Å². The lowest BCUT2D eigenvalue weighted by molar-refractivity contribution is 0.00951. The lowest BCUT2D eigenvalue weighted by atomic mass is 9.75. The highest BCUT2D eigenvalue weighted by atomic mass is 15.2. The summed E-state index contributed by atoms with van der Waals surface area (Å²) in [5, 5.41) is 0. The number of hydrogen-bond donors (Lipinski definition) is 1. The molecule has 0 atom stereocenters. The molecule has 0 aromatic heterocycles. The van der Waals surface area contributed by atoms with Crippen molar-refractivity contribution in [3.8, 4) is 0 Å². The summed E-state index contributed by atoms with van der Waals surface area (Å²) in [5.41, 5.74) is 7.18. The standard InChI is InChI=1S/C17H34N2/c1-3-16(2)11-13-19(14-12-16)17(15-18)9-7-5-4-6-8-10-17/h3-15,18H2,1-2H3. The minimum Gasteiger partial charge on any atom is -0.329 e. The molecule has 0 aromatic rings. The highest BCUT2D eigenvalue weighted by Gasteiger charge is 2.39. The maximum absolute atomic E-state index is 6.25. The van der Waals surface area contributed by atoms with Crippen LogP contribution in [0.25, 0.3) is 0 Å². The van der Waals surface area contributed by atoms with E-state index in [0.29, 0.717) is 11.0 Å². The van der Waals surface area contributed by atoms with Crippen molar-refractivity contribution in [2.24, 2.45) is 11.1 Å². The van der Waals surface area contributed by atoms with E-state index in [1.165, 1.54) is 77.3 Å². The maximum atomic E-state index is 6.25. The van der Waals surface area contributed by atoms with Crippen molar-refractivity contribution < 1.29 is 0 Å². The van der Waals surface area contributed by atoms with Crippen LogP contribution in [-0.4, -0.2) is 30.1 Å². The molecular formula is C17H34N2. The molecule has 1 aliphatic carbocycles. The van der Waals surface area contributed by atoms with Gasteiger partial charge in [-0.1, -0.05) is 52.4 Å². The summed E-state index contributed by atoms with van der Waals surface area (Å²) < 4.78 is 0. The lowest BCUT2D eigenvalue weighted by Gasteiger charge is -2.50. The fourth-order valence-electron chi connectivity index (χ4n) is 4.09. The van der Waals surface area contributed by atoms with Gasteiger partial charge in [-0.25, -0.2) is 0 Å². The van der Waals surface area contributed by atoms with E-state index in [1.54, 1.807) is 0 Å². The van der Waals surface area contributed by atoms with E-state index in [-0.39, 0.29) is 0 Å². The molecular weight excluding hydrogens is 232 g/mol. The first-order valence-electron chi connectivity index (χ1n) is 8.59. The Labute approximate surface area is 120 Å². The van der Waals surface area contributed by atoms with Gasteiger partial charge in [0, 0.05) is 12.1 Å². The van der Waals surface area contributed by atoms with Crippen molar-refractivity contribution in [2.75, 3.05) is 19.6 Å². The zero-order valence-electron chi connectivity index (χ0n) is 13.2. The van der Waals surface area contributed by atoms with Crippen LogP contribution in [0.15, 0.2) is 0 Å². The molecule has 19 heavy (non-hydrogen) atoms. The molecule has 0 bridgehead atoms. The van der Waals surface area contributed by atoms with Gasteiger partial charge < -0.3 is 5.73 Å². The summed E-state index contributed by atoms with van der Waals surface area (Å²) in [6, 6.07) is 0. The average Bonchev–Trinajstić information content (AvgIpc) is 2.41. The zero-order valence-corrected chi connectivity index (χ0v) is 13.2. The molecule has 0 amide bonds. The van der Waals surface area contributed by atoms with Crippen molar-refractivity contribution in [2.45, 2.75) is 83.6 Å². The van der Waals surface area contributed by atoms with Crippen molar-refractivity contribution in [3.05, 3.63) is 0 Å². The van der Waals surface area contributed by atoms with Gasteiger partial charge in [-0.3, -0.25) is 4.90 Å². The third kappa shape index (κ3) is 3.52. The number of nitrogens with two attached hydrogens (primary N) is 1. The van der Waals surface area contributed by atoms with Crippen LogP contribution in [0.5, 0.6) is 0 Å². The van der Waals surface area contributed by atoms with Gasteiger partial charge in [0.05, 0.1) is 0 Å². The number of piperidine rings is 1. The largest absolute Gasteiger partial charge is 0.329 e. The van der Waals surface area contributed by atoms with Crippen LogP contribution in [0.2, 0.25) is 0 Å². The molecule has 2 fully saturated rings. The summed E-state index contributed by atoms with van der Waals surface area (Å²) in [6.45, 7) is 8.25. The highest BCUT2D eigenvalue weighted by Crippen LogP contribution is 2.39. The Hall–Kier alpha value is -0.0800. The van der Waals surface area contributed by atoms with Gasteiger partial charge in [-0.15, -0.1) is 0 Å². The molecule has 112 valence electrons. The van der Waals surface area contributed by atoms with Crippen molar-refractivity contribution in [3.63, 3.8) is 0 Å². The van der Waals surface area contributed by atoms with Gasteiger partial charge in [-0.2, -0.15) is 0 Å². The maximum Gasteiger partial charge on any atom is 0.0331 e. The van der Waals surface area contributed by atoms with Crippen LogP contribution in [0, 0.1) is 5.41 Å². The van der Waals surface area contributed by atoms with E-state index in [4.69, 9.17) is 5.73 Å². The first kappa shape index (κ1) is 15.3.